The molecule has 1 saturated heterocycles. The lowest BCUT2D eigenvalue weighted by Gasteiger charge is -2.32. The number of rotatable bonds is 6. The van der Waals surface area contributed by atoms with Gasteiger partial charge in [-0.1, -0.05) is 0 Å². The van der Waals surface area contributed by atoms with Gasteiger partial charge >= 0.3 is 0 Å². The van der Waals surface area contributed by atoms with E-state index >= 15 is 0 Å². The minimum Gasteiger partial charge on any atom is -0.396 e. The predicted octanol–water partition coefficient (Wildman–Crippen LogP) is 2.74. The summed E-state index contributed by atoms with van der Waals surface area (Å²) >= 11 is 0. The number of anilines is 2. The predicted molar refractivity (Wildman–Crippen MR) is 101 cm³/mol. The standard InChI is InChI=1S/C19H29N5O/c1-4-24-15(3)18(14(2)22-24)12-21-19-6-5-17(11-20-19)23-9-7-16(13-25)8-10-23/h5-6,11,16,25H,4,7-10,12-13H2,1-3H3,(H,20,21). The highest BCUT2D eigenvalue weighted by Crippen LogP contribution is 2.23. The Morgan fingerprint density at radius 1 is 1.24 bits per heavy atom. The zero-order valence-electron chi connectivity index (χ0n) is 15.5. The zero-order chi connectivity index (χ0) is 17.8. The first-order valence-electron chi connectivity index (χ1n) is 9.21. The average molecular weight is 343 g/mol. The van der Waals surface area contributed by atoms with Crippen molar-refractivity contribution in [1.29, 1.82) is 0 Å². The van der Waals surface area contributed by atoms with Crippen LogP contribution in [0.2, 0.25) is 0 Å². The summed E-state index contributed by atoms with van der Waals surface area (Å²) in [4.78, 5) is 6.91. The summed E-state index contributed by atoms with van der Waals surface area (Å²) in [5.41, 5.74) is 4.71. The summed E-state index contributed by atoms with van der Waals surface area (Å²) in [6, 6.07) is 4.17. The maximum Gasteiger partial charge on any atom is 0.126 e. The van der Waals surface area contributed by atoms with Crippen molar-refractivity contribution < 1.29 is 5.11 Å². The number of aliphatic hydroxyl groups excluding tert-OH is 1. The number of piperidine rings is 1. The molecular weight excluding hydrogens is 314 g/mol. The Hall–Kier alpha value is -2.08. The molecule has 1 aliphatic heterocycles. The summed E-state index contributed by atoms with van der Waals surface area (Å²) in [7, 11) is 0. The van der Waals surface area contributed by atoms with Gasteiger partial charge in [-0.25, -0.2) is 4.98 Å². The maximum absolute atomic E-state index is 9.25. The first-order chi connectivity index (χ1) is 12.1. The van der Waals surface area contributed by atoms with E-state index in [0.717, 1.165) is 56.2 Å². The number of hydrogen-bond acceptors (Lipinski definition) is 5. The molecule has 0 amide bonds. The lowest BCUT2D eigenvalue weighted by molar-refractivity contribution is 0.203. The molecule has 6 heteroatoms. The molecule has 3 rings (SSSR count). The van der Waals surface area contributed by atoms with Crippen molar-refractivity contribution in [3.8, 4) is 0 Å². The molecule has 6 nitrogen and oxygen atoms in total. The third-order valence-corrected chi connectivity index (χ3v) is 5.26. The fourth-order valence-electron chi connectivity index (χ4n) is 3.53. The molecule has 2 N–H and O–H groups in total. The van der Waals surface area contributed by atoms with Gasteiger partial charge in [0.1, 0.15) is 5.82 Å². The zero-order valence-corrected chi connectivity index (χ0v) is 15.5. The molecule has 2 aromatic rings. The minimum atomic E-state index is 0.308. The van der Waals surface area contributed by atoms with Gasteiger partial charge in [-0.3, -0.25) is 4.68 Å². The van der Waals surface area contributed by atoms with Crippen LogP contribution in [0.25, 0.3) is 0 Å². The van der Waals surface area contributed by atoms with Crippen LogP contribution in [0.3, 0.4) is 0 Å². The van der Waals surface area contributed by atoms with E-state index in [1.807, 2.05) is 16.9 Å². The van der Waals surface area contributed by atoms with Crippen LogP contribution in [0.1, 0.15) is 36.7 Å². The Kier molecular flexibility index (Phi) is 5.58. The first kappa shape index (κ1) is 17.7. The van der Waals surface area contributed by atoms with E-state index < -0.39 is 0 Å². The van der Waals surface area contributed by atoms with Crippen LogP contribution < -0.4 is 10.2 Å². The molecule has 136 valence electrons. The van der Waals surface area contributed by atoms with E-state index in [0.29, 0.717) is 12.5 Å². The van der Waals surface area contributed by atoms with E-state index in [1.165, 1.54) is 11.3 Å². The number of nitrogens with one attached hydrogen (secondary N) is 1. The maximum atomic E-state index is 9.25. The highest BCUT2D eigenvalue weighted by molar-refractivity contribution is 5.50. The number of aliphatic hydroxyl groups is 1. The molecule has 0 unspecified atom stereocenters. The van der Waals surface area contributed by atoms with Gasteiger partial charge in [0.25, 0.3) is 0 Å². The fourth-order valence-corrected chi connectivity index (χ4v) is 3.53. The van der Waals surface area contributed by atoms with Crippen LogP contribution >= 0.6 is 0 Å². The van der Waals surface area contributed by atoms with Crippen LogP contribution in [0.4, 0.5) is 11.5 Å². The number of aromatic nitrogens is 3. The van der Waals surface area contributed by atoms with Gasteiger partial charge in [0, 0.05) is 44.0 Å². The molecule has 0 atom stereocenters. The molecule has 0 spiro atoms. The third kappa shape index (κ3) is 3.95. The van der Waals surface area contributed by atoms with Gasteiger partial charge in [-0.2, -0.15) is 5.10 Å². The molecular formula is C19H29N5O. The number of hydrogen-bond donors (Lipinski definition) is 2. The number of nitrogens with zero attached hydrogens (tertiary/aromatic N) is 4. The Bertz CT molecular complexity index is 687. The fraction of sp³-hybridized carbons (Fsp3) is 0.579. The van der Waals surface area contributed by atoms with E-state index in [4.69, 9.17) is 0 Å². The SMILES string of the molecule is CCn1nc(C)c(CNc2ccc(N3CCC(CO)CC3)cn2)c1C. The van der Waals surface area contributed by atoms with Crippen molar-refractivity contribution in [3.05, 3.63) is 35.3 Å². The molecule has 25 heavy (non-hydrogen) atoms. The molecule has 0 radical (unpaired) electrons. The third-order valence-electron chi connectivity index (χ3n) is 5.26. The van der Waals surface area contributed by atoms with Gasteiger partial charge in [-0.15, -0.1) is 0 Å². The Morgan fingerprint density at radius 2 is 2.00 bits per heavy atom. The Balaban J connectivity index is 1.59. The van der Waals surface area contributed by atoms with Crippen molar-refractivity contribution in [2.75, 3.05) is 29.9 Å². The van der Waals surface area contributed by atoms with E-state index in [9.17, 15) is 5.11 Å². The molecule has 2 aromatic heterocycles. The monoisotopic (exact) mass is 343 g/mol. The van der Waals surface area contributed by atoms with E-state index in [2.05, 4.69) is 47.1 Å². The second-order valence-electron chi connectivity index (χ2n) is 6.83. The van der Waals surface area contributed by atoms with Gasteiger partial charge in [0.2, 0.25) is 0 Å². The molecule has 0 aliphatic carbocycles. The second kappa shape index (κ2) is 7.87. The summed E-state index contributed by atoms with van der Waals surface area (Å²) in [5, 5.41) is 17.2. The van der Waals surface area contributed by atoms with Crippen molar-refractivity contribution in [2.24, 2.45) is 5.92 Å². The van der Waals surface area contributed by atoms with Crippen LogP contribution in [-0.2, 0) is 13.1 Å². The lowest BCUT2D eigenvalue weighted by atomic mass is 9.98. The van der Waals surface area contributed by atoms with Crippen molar-refractivity contribution in [3.63, 3.8) is 0 Å². The summed E-state index contributed by atoms with van der Waals surface area (Å²) in [6.45, 7) is 10.2. The highest BCUT2D eigenvalue weighted by Gasteiger charge is 2.18. The topological polar surface area (TPSA) is 66.2 Å². The molecule has 3 heterocycles. The largest absolute Gasteiger partial charge is 0.396 e. The summed E-state index contributed by atoms with van der Waals surface area (Å²) in [6.07, 6.45) is 4.05. The van der Waals surface area contributed by atoms with Crippen molar-refractivity contribution >= 4 is 11.5 Å². The van der Waals surface area contributed by atoms with Gasteiger partial charge < -0.3 is 15.3 Å². The number of aryl methyl sites for hydroxylation is 2. The molecule has 1 aliphatic rings. The van der Waals surface area contributed by atoms with Gasteiger partial charge in [0.15, 0.2) is 0 Å². The molecule has 0 saturated carbocycles. The Labute approximate surface area is 149 Å². The summed E-state index contributed by atoms with van der Waals surface area (Å²) in [5.74, 6) is 1.35. The molecule has 0 bridgehead atoms. The first-order valence-corrected chi connectivity index (χ1v) is 9.21. The van der Waals surface area contributed by atoms with Gasteiger partial charge in [-0.05, 0) is 51.7 Å². The van der Waals surface area contributed by atoms with Crippen LogP contribution in [0.5, 0.6) is 0 Å². The molecule has 1 fully saturated rings. The summed E-state index contributed by atoms with van der Waals surface area (Å²) < 4.78 is 2.04. The Morgan fingerprint density at radius 3 is 2.56 bits per heavy atom. The van der Waals surface area contributed by atoms with E-state index in [1.54, 1.807) is 0 Å². The smallest absolute Gasteiger partial charge is 0.126 e. The van der Waals surface area contributed by atoms with Crippen LogP contribution in [0.15, 0.2) is 18.3 Å². The van der Waals surface area contributed by atoms with Crippen molar-refractivity contribution in [1.82, 2.24) is 14.8 Å². The minimum absolute atomic E-state index is 0.308. The van der Waals surface area contributed by atoms with Crippen molar-refractivity contribution in [2.45, 2.75) is 46.7 Å². The average Bonchev–Trinajstić information content (AvgIpc) is 2.94. The quantitative estimate of drug-likeness (QED) is 0.844. The number of pyridine rings is 1. The second-order valence-corrected chi connectivity index (χ2v) is 6.83. The van der Waals surface area contributed by atoms with E-state index in [-0.39, 0.29) is 0 Å². The molecule has 0 aromatic carbocycles. The highest BCUT2D eigenvalue weighted by atomic mass is 16.3. The van der Waals surface area contributed by atoms with Crippen LogP contribution in [0, 0.1) is 19.8 Å². The van der Waals surface area contributed by atoms with Crippen LogP contribution in [-0.4, -0.2) is 39.6 Å². The lowest BCUT2D eigenvalue weighted by Crippen LogP contribution is -2.34. The normalized spacial score (nSPS) is 15.6. The van der Waals surface area contributed by atoms with Gasteiger partial charge in [0.05, 0.1) is 17.6 Å².